The average Bonchev–Trinajstić information content (AvgIpc) is 2.16. The van der Waals surface area contributed by atoms with Crippen molar-refractivity contribution in [3.05, 3.63) is 0 Å². The maximum atomic E-state index is 11.1. The highest BCUT2D eigenvalue weighted by atomic mass is 16.1. The molecule has 0 aromatic carbocycles. The van der Waals surface area contributed by atoms with Gasteiger partial charge in [-0.25, -0.2) is 0 Å². The fourth-order valence-electron chi connectivity index (χ4n) is 1.22. The summed E-state index contributed by atoms with van der Waals surface area (Å²) in [4.78, 5) is 12.8. The van der Waals surface area contributed by atoms with E-state index in [2.05, 4.69) is 10.6 Å². The van der Waals surface area contributed by atoms with Crippen LogP contribution in [0.2, 0.25) is 0 Å². The van der Waals surface area contributed by atoms with Gasteiger partial charge < -0.3 is 15.5 Å². The van der Waals surface area contributed by atoms with Gasteiger partial charge in [0.25, 0.3) is 0 Å². The van der Waals surface area contributed by atoms with Crippen LogP contribution >= 0.6 is 0 Å². The lowest BCUT2D eigenvalue weighted by Crippen LogP contribution is -2.37. The summed E-state index contributed by atoms with van der Waals surface area (Å²) in [6.45, 7) is 2.32. The first-order valence-electron chi connectivity index (χ1n) is 5.16. The Labute approximate surface area is 91.7 Å². The number of nitrogens with zero attached hydrogens (tertiary/aromatic N) is 1. The molecule has 0 bridgehead atoms. The minimum Gasteiger partial charge on any atom is -0.356 e. The predicted molar refractivity (Wildman–Crippen MR) is 62.2 cm³/mol. The molecule has 0 aliphatic carbocycles. The van der Waals surface area contributed by atoms with E-state index in [-0.39, 0.29) is 11.8 Å². The Bertz CT molecular complexity index is 215. The van der Waals surface area contributed by atoms with Gasteiger partial charge in [-0.05, 0) is 26.8 Å². The summed E-state index contributed by atoms with van der Waals surface area (Å²) in [6, 6.07) is -0.0552. The summed E-state index contributed by atoms with van der Waals surface area (Å²) in [5.74, 6) is 0.569. The van der Waals surface area contributed by atoms with Crippen molar-refractivity contribution in [1.29, 1.82) is 5.41 Å². The van der Waals surface area contributed by atoms with Gasteiger partial charge in [-0.2, -0.15) is 0 Å². The number of likely N-dealkylation sites (N-methyl/N-ethyl adjacent to an activating group) is 1. The van der Waals surface area contributed by atoms with Crippen LogP contribution in [0.15, 0.2) is 0 Å². The SMILES string of the molecule is CN[C@@H](CCCNC(=N)N(C)C)C(C)=O. The minimum atomic E-state index is -0.0552. The van der Waals surface area contributed by atoms with E-state index in [4.69, 9.17) is 5.41 Å². The monoisotopic (exact) mass is 214 g/mol. The number of hydrogen-bond donors (Lipinski definition) is 3. The minimum absolute atomic E-state index is 0.0552. The molecule has 5 nitrogen and oxygen atoms in total. The van der Waals surface area contributed by atoms with E-state index >= 15 is 0 Å². The van der Waals surface area contributed by atoms with Crippen LogP contribution in [0.4, 0.5) is 0 Å². The van der Waals surface area contributed by atoms with Crippen LogP contribution in [0.25, 0.3) is 0 Å². The maximum Gasteiger partial charge on any atom is 0.190 e. The van der Waals surface area contributed by atoms with E-state index in [9.17, 15) is 4.79 Å². The molecule has 0 saturated heterocycles. The number of Topliss-reactive ketones (excluding diaryl/α,β-unsaturated/α-hetero) is 1. The fourth-order valence-corrected chi connectivity index (χ4v) is 1.22. The molecule has 0 saturated carbocycles. The molecule has 0 radical (unpaired) electrons. The largest absolute Gasteiger partial charge is 0.356 e. The lowest BCUT2D eigenvalue weighted by molar-refractivity contribution is -0.119. The fraction of sp³-hybridized carbons (Fsp3) is 0.800. The number of carbonyl (C=O) groups is 1. The molecule has 0 heterocycles. The van der Waals surface area contributed by atoms with E-state index in [1.807, 2.05) is 14.1 Å². The first-order valence-corrected chi connectivity index (χ1v) is 5.16. The number of hydrogen-bond acceptors (Lipinski definition) is 3. The lowest BCUT2D eigenvalue weighted by Gasteiger charge is -2.16. The summed E-state index contributed by atoms with van der Waals surface area (Å²) in [5.41, 5.74) is 0. The van der Waals surface area contributed by atoms with Gasteiger partial charge in [0.2, 0.25) is 0 Å². The van der Waals surface area contributed by atoms with Crippen molar-refractivity contribution in [3.63, 3.8) is 0 Å². The first kappa shape index (κ1) is 13.9. The number of carbonyl (C=O) groups excluding carboxylic acids is 1. The Kier molecular flexibility index (Phi) is 6.70. The molecule has 0 fully saturated rings. The van der Waals surface area contributed by atoms with Crippen molar-refractivity contribution in [3.8, 4) is 0 Å². The summed E-state index contributed by atoms with van der Waals surface area (Å²) < 4.78 is 0. The molecule has 0 aromatic rings. The number of rotatable bonds is 6. The third-order valence-electron chi connectivity index (χ3n) is 2.25. The van der Waals surface area contributed by atoms with E-state index < -0.39 is 0 Å². The van der Waals surface area contributed by atoms with Crippen LogP contribution < -0.4 is 10.6 Å². The second-order valence-corrected chi connectivity index (χ2v) is 3.76. The van der Waals surface area contributed by atoms with Crippen molar-refractivity contribution >= 4 is 11.7 Å². The molecule has 15 heavy (non-hydrogen) atoms. The molecule has 0 rings (SSSR count). The Hall–Kier alpha value is -1.10. The summed E-state index contributed by atoms with van der Waals surface area (Å²) in [7, 11) is 5.43. The van der Waals surface area contributed by atoms with Gasteiger partial charge in [0.1, 0.15) is 5.78 Å². The quantitative estimate of drug-likeness (QED) is 0.331. The molecule has 5 heteroatoms. The van der Waals surface area contributed by atoms with Crippen LogP contribution in [-0.2, 0) is 4.79 Å². The number of ketones is 1. The molecular formula is C10H22N4O. The van der Waals surface area contributed by atoms with E-state index in [0.29, 0.717) is 5.96 Å². The standard InChI is InChI=1S/C10H22N4O/c1-8(15)9(12-2)6-5-7-13-10(11)14(3)4/h9,12H,5-7H2,1-4H3,(H2,11,13)/t9-/m0/s1. The highest BCUT2D eigenvalue weighted by Crippen LogP contribution is 1.97. The second-order valence-electron chi connectivity index (χ2n) is 3.76. The third kappa shape index (κ3) is 6.06. The van der Waals surface area contributed by atoms with Crippen molar-refractivity contribution in [2.45, 2.75) is 25.8 Å². The highest BCUT2D eigenvalue weighted by molar-refractivity contribution is 5.81. The Morgan fingerprint density at radius 1 is 1.47 bits per heavy atom. The molecule has 0 aliphatic heterocycles. The molecule has 0 unspecified atom stereocenters. The van der Waals surface area contributed by atoms with Crippen molar-refractivity contribution < 1.29 is 4.79 Å². The van der Waals surface area contributed by atoms with E-state index in [1.54, 1.807) is 18.9 Å². The molecule has 1 atom stereocenters. The first-order chi connectivity index (χ1) is 6.99. The van der Waals surface area contributed by atoms with Crippen LogP contribution in [-0.4, -0.2) is 50.4 Å². The van der Waals surface area contributed by atoms with Gasteiger partial charge in [-0.15, -0.1) is 0 Å². The van der Waals surface area contributed by atoms with Gasteiger partial charge >= 0.3 is 0 Å². The smallest absolute Gasteiger partial charge is 0.190 e. The topological polar surface area (TPSA) is 68.2 Å². The highest BCUT2D eigenvalue weighted by Gasteiger charge is 2.10. The molecule has 3 N–H and O–H groups in total. The molecule has 0 amide bonds. The average molecular weight is 214 g/mol. The Morgan fingerprint density at radius 3 is 2.47 bits per heavy atom. The normalized spacial score (nSPS) is 12.0. The van der Waals surface area contributed by atoms with Gasteiger partial charge in [0.15, 0.2) is 5.96 Å². The third-order valence-corrected chi connectivity index (χ3v) is 2.25. The second kappa shape index (κ2) is 7.23. The van der Waals surface area contributed by atoms with Crippen molar-refractivity contribution in [2.24, 2.45) is 0 Å². The van der Waals surface area contributed by atoms with Crippen molar-refractivity contribution in [2.75, 3.05) is 27.7 Å². The summed E-state index contributed by atoms with van der Waals surface area (Å²) in [6.07, 6.45) is 1.68. The summed E-state index contributed by atoms with van der Waals surface area (Å²) in [5, 5.41) is 13.4. The molecule has 0 spiro atoms. The van der Waals surface area contributed by atoms with Gasteiger partial charge in [-0.1, -0.05) is 0 Å². The lowest BCUT2D eigenvalue weighted by atomic mass is 10.1. The summed E-state index contributed by atoms with van der Waals surface area (Å²) >= 11 is 0. The van der Waals surface area contributed by atoms with Crippen LogP contribution in [0, 0.1) is 5.41 Å². The molecular weight excluding hydrogens is 192 g/mol. The zero-order valence-electron chi connectivity index (χ0n) is 10.1. The number of nitrogens with one attached hydrogen (secondary N) is 3. The van der Waals surface area contributed by atoms with E-state index in [0.717, 1.165) is 19.4 Å². The van der Waals surface area contributed by atoms with Crippen LogP contribution in [0.5, 0.6) is 0 Å². The Morgan fingerprint density at radius 2 is 2.07 bits per heavy atom. The Balaban J connectivity index is 3.61. The van der Waals surface area contributed by atoms with E-state index in [1.165, 1.54) is 0 Å². The number of guanidine groups is 1. The zero-order valence-corrected chi connectivity index (χ0v) is 10.1. The van der Waals surface area contributed by atoms with Gasteiger partial charge in [0.05, 0.1) is 6.04 Å². The maximum absolute atomic E-state index is 11.1. The van der Waals surface area contributed by atoms with Gasteiger partial charge in [0, 0.05) is 20.6 Å². The van der Waals surface area contributed by atoms with Crippen LogP contribution in [0.3, 0.4) is 0 Å². The molecule has 88 valence electrons. The predicted octanol–water partition coefficient (Wildman–Crippen LogP) is 0.0296. The molecule has 0 aliphatic rings. The van der Waals surface area contributed by atoms with Crippen molar-refractivity contribution in [1.82, 2.24) is 15.5 Å². The molecule has 0 aromatic heterocycles. The van der Waals surface area contributed by atoms with Crippen LogP contribution in [0.1, 0.15) is 19.8 Å². The zero-order chi connectivity index (χ0) is 11.8. The van der Waals surface area contributed by atoms with Gasteiger partial charge in [-0.3, -0.25) is 10.2 Å².